The molecule has 2 aliphatic rings. The third-order valence-corrected chi connectivity index (χ3v) is 8.04. The Morgan fingerprint density at radius 1 is 1.11 bits per heavy atom. The zero-order valence-electron chi connectivity index (χ0n) is 20.5. The van der Waals surface area contributed by atoms with Gasteiger partial charge in [-0.2, -0.15) is 0 Å². The maximum Gasteiger partial charge on any atom is 0.257 e. The molecule has 1 N–H and O–H groups in total. The molecule has 1 fully saturated rings. The van der Waals surface area contributed by atoms with E-state index >= 15 is 0 Å². The number of amides is 2. The number of hydrogen-bond donors (Lipinski definition) is 1. The molecule has 2 aromatic carbocycles. The molecule has 0 saturated carbocycles. The molecule has 2 aromatic heterocycles. The van der Waals surface area contributed by atoms with Gasteiger partial charge in [0.2, 0.25) is 0 Å². The molecule has 4 heterocycles. The van der Waals surface area contributed by atoms with E-state index in [1.54, 1.807) is 17.5 Å². The Labute approximate surface area is 219 Å². The van der Waals surface area contributed by atoms with Gasteiger partial charge in [-0.15, -0.1) is 11.3 Å². The van der Waals surface area contributed by atoms with Crippen molar-refractivity contribution >= 4 is 28.3 Å². The van der Waals surface area contributed by atoms with Gasteiger partial charge in [0.1, 0.15) is 0 Å². The number of fused-ring (bicyclic) bond motifs is 1. The summed E-state index contributed by atoms with van der Waals surface area (Å²) in [6.45, 7) is 2.53. The lowest BCUT2D eigenvalue weighted by Crippen LogP contribution is -2.30. The average molecular weight is 514 g/mol. The topological polar surface area (TPSA) is 91.6 Å². The number of thiazole rings is 1. The molecule has 4 aromatic rings. The molecule has 1 saturated heterocycles. The lowest BCUT2D eigenvalue weighted by atomic mass is 10.0. The highest BCUT2D eigenvalue weighted by molar-refractivity contribution is 7.15. The van der Waals surface area contributed by atoms with Gasteiger partial charge in [0.05, 0.1) is 17.9 Å². The second kappa shape index (κ2) is 9.91. The number of hydrogen-bond acceptors (Lipinski definition) is 7. The van der Waals surface area contributed by atoms with Crippen molar-refractivity contribution in [3.63, 3.8) is 0 Å². The molecule has 188 valence electrons. The van der Waals surface area contributed by atoms with Crippen molar-refractivity contribution < 1.29 is 14.0 Å². The van der Waals surface area contributed by atoms with E-state index in [1.165, 1.54) is 11.3 Å². The molecule has 1 atom stereocenters. The van der Waals surface area contributed by atoms with Gasteiger partial charge in [0, 0.05) is 47.6 Å². The molecule has 0 bridgehead atoms. The van der Waals surface area contributed by atoms with Gasteiger partial charge in [-0.3, -0.25) is 14.9 Å². The molecule has 0 spiro atoms. The van der Waals surface area contributed by atoms with E-state index < -0.39 is 0 Å². The standard InChI is InChI=1S/C28H27N5O3S/c1-32-13-11-22-25(16-32)37-28(30-22)31-26(34)21-5-2-4-20(14-21)23-6-3-12-33(23)27(35)19-9-7-18(8-10-19)24-15-29-17-36-24/h2,4-5,7-10,14-15,17,23H,3,6,11-13,16H2,1H3,(H,30,31,34)/t23-/m1/s1. The van der Waals surface area contributed by atoms with E-state index in [0.29, 0.717) is 28.6 Å². The number of likely N-dealkylation sites (tertiary alicyclic amines) is 1. The fourth-order valence-corrected chi connectivity index (χ4v) is 6.17. The zero-order chi connectivity index (χ0) is 25.4. The molecular weight excluding hydrogens is 486 g/mol. The number of nitrogens with zero attached hydrogens (tertiary/aromatic N) is 4. The summed E-state index contributed by atoms with van der Waals surface area (Å²) in [5.41, 5.74) is 4.12. The summed E-state index contributed by atoms with van der Waals surface area (Å²) in [6.07, 6.45) is 5.72. The number of oxazole rings is 1. The molecule has 0 aliphatic carbocycles. The highest BCUT2D eigenvalue weighted by Crippen LogP contribution is 2.34. The first-order valence-electron chi connectivity index (χ1n) is 12.4. The van der Waals surface area contributed by atoms with Crippen molar-refractivity contribution in [1.82, 2.24) is 19.8 Å². The predicted octanol–water partition coefficient (Wildman–Crippen LogP) is 5.02. The van der Waals surface area contributed by atoms with Gasteiger partial charge in [-0.05, 0) is 49.7 Å². The van der Waals surface area contributed by atoms with E-state index in [9.17, 15) is 9.59 Å². The molecule has 37 heavy (non-hydrogen) atoms. The average Bonchev–Trinajstić information content (AvgIpc) is 3.69. The van der Waals surface area contributed by atoms with Gasteiger partial charge in [0.15, 0.2) is 17.3 Å². The minimum Gasteiger partial charge on any atom is -0.444 e. The Morgan fingerprint density at radius 2 is 1.97 bits per heavy atom. The van der Waals surface area contributed by atoms with E-state index in [4.69, 9.17) is 4.42 Å². The molecule has 6 rings (SSSR count). The number of aromatic nitrogens is 2. The number of carbonyl (C=O) groups is 2. The minimum atomic E-state index is -0.180. The number of carbonyl (C=O) groups excluding carboxylic acids is 2. The fraction of sp³-hybridized carbons (Fsp3) is 0.286. The van der Waals surface area contributed by atoms with Crippen molar-refractivity contribution in [2.24, 2.45) is 0 Å². The van der Waals surface area contributed by atoms with Crippen LogP contribution in [0.15, 0.2) is 65.5 Å². The zero-order valence-corrected chi connectivity index (χ0v) is 21.3. The van der Waals surface area contributed by atoms with Gasteiger partial charge in [0.25, 0.3) is 11.8 Å². The highest BCUT2D eigenvalue weighted by atomic mass is 32.1. The molecule has 9 heteroatoms. The van der Waals surface area contributed by atoms with E-state index in [-0.39, 0.29) is 17.9 Å². The Hall–Kier alpha value is -3.82. The van der Waals surface area contributed by atoms with Crippen LogP contribution < -0.4 is 5.32 Å². The van der Waals surface area contributed by atoms with Crippen LogP contribution in [0, 0.1) is 0 Å². The quantitative estimate of drug-likeness (QED) is 0.403. The van der Waals surface area contributed by atoms with Crippen molar-refractivity contribution in [3.8, 4) is 11.3 Å². The van der Waals surface area contributed by atoms with Crippen LogP contribution in [0.5, 0.6) is 0 Å². The number of benzene rings is 2. The van der Waals surface area contributed by atoms with Gasteiger partial charge in [-0.1, -0.05) is 24.3 Å². The number of nitrogens with one attached hydrogen (secondary N) is 1. The van der Waals surface area contributed by atoms with Crippen molar-refractivity contribution in [1.29, 1.82) is 0 Å². The molecule has 8 nitrogen and oxygen atoms in total. The third kappa shape index (κ3) is 4.80. The second-order valence-electron chi connectivity index (χ2n) is 9.56. The van der Waals surface area contributed by atoms with Crippen LogP contribution in [0.3, 0.4) is 0 Å². The van der Waals surface area contributed by atoms with Crippen LogP contribution >= 0.6 is 11.3 Å². The van der Waals surface area contributed by atoms with Crippen LogP contribution in [-0.4, -0.2) is 51.7 Å². The first kappa shape index (κ1) is 23.6. The largest absolute Gasteiger partial charge is 0.444 e. The minimum absolute atomic E-state index is 0.0141. The van der Waals surface area contributed by atoms with Crippen molar-refractivity contribution in [2.75, 3.05) is 25.5 Å². The smallest absolute Gasteiger partial charge is 0.257 e. The first-order chi connectivity index (χ1) is 18.0. The molecule has 0 radical (unpaired) electrons. The fourth-order valence-electron chi connectivity index (χ4n) is 5.09. The van der Waals surface area contributed by atoms with E-state index in [1.807, 2.05) is 53.4 Å². The third-order valence-electron chi connectivity index (χ3n) is 7.04. The maximum absolute atomic E-state index is 13.4. The summed E-state index contributed by atoms with van der Waals surface area (Å²) in [5, 5.41) is 3.62. The Morgan fingerprint density at radius 3 is 2.78 bits per heavy atom. The molecule has 0 unspecified atom stereocenters. The maximum atomic E-state index is 13.4. The molecule has 2 amide bonds. The summed E-state index contributed by atoms with van der Waals surface area (Å²) >= 11 is 1.55. The van der Waals surface area contributed by atoms with Crippen LogP contribution in [0.4, 0.5) is 5.13 Å². The predicted molar refractivity (Wildman–Crippen MR) is 141 cm³/mol. The number of anilines is 1. The Balaban J connectivity index is 1.17. The van der Waals surface area contributed by atoms with Gasteiger partial charge >= 0.3 is 0 Å². The monoisotopic (exact) mass is 513 g/mol. The Bertz CT molecular complexity index is 1430. The van der Waals surface area contributed by atoms with Crippen LogP contribution in [0.2, 0.25) is 0 Å². The highest BCUT2D eigenvalue weighted by Gasteiger charge is 2.31. The number of likely N-dealkylation sites (N-methyl/N-ethyl adjacent to an activating group) is 1. The van der Waals surface area contributed by atoms with Crippen LogP contribution in [0.1, 0.15) is 55.7 Å². The van der Waals surface area contributed by atoms with Crippen molar-refractivity contribution in [3.05, 3.63) is 88.4 Å². The van der Waals surface area contributed by atoms with Crippen LogP contribution in [-0.2, 0) is 13.0 Å². The lowest BCUT2D eigenvalue weighted by molar-refractivity contribution is 0.0735. The summed E-state index contributed by atoms with van der Waals surface area (Å²) in [6, 6.07) is 14.9. The van der Waals surface area contributed by atoms with Crippen molar-refractivity contribution in [2.45, 2.75) is 31.8 Å². The summed E-state index contributed by atoms with van der Waals surface area (Å²) in [4.78, 5) is 40.5. The summed E-state index contributed by atoms with van der Waals surface area (Å²) in [5.74, 6) is 0.471. The Kier molecular flexibility index (Phi) is 6.31. The van der Waals surface area contributed by atoms with Gasteiger partial charge < -0.3 is 14.2 Å². The van der Waals surface area contributed by atoms with Crippen LogP contribution in [0.25, 0.3) is 11.3 Å². The molecule has 2 aliphatic heterocycles. The lowest BCUT2D eigenvalue weighted by Gasteiger charge is -2.25. The first-order valence-corrected chi connectivity index (χ1v) is 13.2. The van der Waals surface area contributed by atoms with E-state index in [0.717, 1.165) is 49.2 Å². The van der Waals surface area contributed by atoms with E-state index in [2.05, 4.69) is 27.2 Å². The summed E-state index contributed by atoms with van der Waals surface area (Å²) in [7, 11) is 2.09. The second-order valence-corrected chi connectivity index (χ2v) is 10.6. The van der Waals surface area contributed by atoms with Gasteiger partial charge in [-0.25, -0.2) is 9.97 Å². The number of rotatable bonds is 5. The normalized spacial score (nSPS) is 17.5. The molecular formula is C28H27N5O3S. The summed E-state index contributed by atoms with van der Waals surface area (Å²) < 4.78 is 5.34. The SMILES string of the molecule is CN1CCc2nc(NC(=O)c3cccc([C@H]4CCCN4C(=O)c4ccc(-c5cnco5)cc4)c3)sc2C1.